The maximum Gasteiger partial charge on any atom is 0.230 e. The number of nitrogens with zero attached hydrogens (tertiary/aromatic N) is 2. The van der Waals surface area contributed by atoms with Gasteiger partial charge in [-0.2, -0.15) is 0 Å². The second-order valence-corrected chi connectivity index (χ2v) is 7.18. The van der Waals surface area contributed by atoms with Crippen molar-refractivity contribution in [1.29, 1.82) is 0 Å². The van der Waals surface area contributed by atoms with Crippen molar-refractivity contribution in [1.82, 2.24) is 4.98 Å². The van der Waals surface area contributed by atoms with E-state index in [1.807, 2.05) is 54.6 Å². The lowest BCUT2D eigenvalue weighted by molar-refractivity contribution is -0.122. The minimum absolute atomic E-state index is 0.0466. The van der Waals surface area contributed by atoms with Gasteiger partial charge in [0.2, 0.25) is 11.8 Å². The molecule has 3 aromatic rings. The molecule has 1 atom stereocenters. The number of benzene rings is 2. The van der Waals surface area contributed by atoms with Crippen molar-refractivity contribution < 1.29 is 9.59 Å². The summed E-state index contributed by atoms with van der Waals surface area (Å²) in [6.45, 7) is 0.370. The largest absolute Gasteiger partial charge is 0.312 e. The molecular weight excluding hydrogens is 394 g/mol. The second-order valence-electron chi connectivity index (χ2n) is 6.26. The van der Waals surface area contributed by atoms with E-state index in [-0.39, 0.29) is 18.2 Å². The van der Waals surface area contributed by atoms with Gasteiger partial charge in [0.15, 0.2) is 0 Å². The molecule has 1 fully saturated rings. The molecule has 1 aromatic heterocycles. The van der Waals surface area contributed by atoms with Gasteiger partial charge in [0, 0.05) is 28.5 Å². The molecule has 0 radical (unpaired) electrons. The number of para-hydroxylation sites is 1. The summed E-state index contributed by atoms with van der Waals surface area (Å²) in [5, 5.41) is 3.86. The normalized spacial score (nSPS) is 16.9. The summed E-state index contributed by atoms with van der Waals surface area (Å²) in [5.41, 5.74) is 1.62. The lowest BCUT2D eigenvalue weighted by atomic mass is 10.1. The Balaban J connectivity index is 1.49. The minimum atomic E-state index is -0.394. The Morgan fingerprint density at radius 1 is 1.12 bits per heavy atom. The highest BCUT2D eigenvalue weighted by Crippen LogP contribution is 2.28. The molecule has 130 valence electrons. The SMILES string of the molecule is O=C(Nc1ccc2ccccc2n1)C1CC(=O)N(c2cccc(Br)c2)C1. The van der Waals surface area contributed by atoms with Crippen LogP contribution in [0.3, 0.4) is 0 Å². The van der Waals surface area contributed by atoms with Crippen LogP contribution in [-0.2, 0) is 9.59 Å². The zero-order valence-corrected chi connectivity index (χ0v) is 15.4. The summed E-state index contributed by atoms with van der Waals surface area (Å²) < 4.78 is 0.899. The number of carbonyl (C=O) groups is 2. The van der Waals surface area contributed by atoms with Crippen LogP contribution < -0.4 is 10.2 Å². The van der Waals surface area contributed by atoms with Crippen molar-refractivity contribution in [2.24, 2.45) is 5.92 Å². The summed E-state index contributed by atoms with van der Waals surface area (Å²) in [6, 6.07) is 19.0. The first-order chi connectivity index (χ1) is 12.6. The third kappa shape index (κ3) is 3.32. The molecule has 2 heterocycles. The van der Waals surface area contributed by atoms with Crippen LogP contribution in [0.2, 0.25) is 0 Å². The van der Waals surface area contributed by atoms with E-state index in [0.29, 0.717) is 12.4 Å². The summed E-state index contributed by atoms with van der Waals surface area (Å²) >= 11 is 3.41. The number of carbonyl (C=O) groups excluding carboxylic acids is 2. The van der Waals surface area contributed by atoms with Gasteiger partial charge in [0.1, 0.15) is 5.82 Å². The van der Waals surface area contributed by atoms with Crippen molar-refractivity contribution >= 4 is 50.2 Å². The molecular formula is C20H16BrN3O2. The molecule has 1 N–H and O–H groups in total. The van der Waals surface area contributed by atoms with Crippen molar-refractivity contribution in [3.8, 4) is 0 Å². The van der Waals surface area contributed by atoms with Gasteiger partial charge in [-0.3, -0.25) is 9.59 Å². The minimum Gasteiger partial charge on any atom is -0.312 e. The first-order valence-electron chi connectivity index (χ1n) is 8.33. The van der Waals surface area contributed by atoms with Crippen LogP contribution in [0.25, 0.3) is 10.9 Å². The van der Waals surface area contributed by atoms with Gasteiger partial charge in [-0.1, -0.05) is 40.2 Å². The van der Waals surface area contributed by atoms with E-state index < -0.39 is 5.92 Å². The average Bonchev–Trinajstić information content (AvgIpc) is 3.03. The van der Waals surface area contributed by atoms with Gasteiger partial charge in [-0.05, 0) is 36.4 Å². The van der Waals surface area contributed by atoms with Crippen LogP contribution in [0.5, 0.6) is 0 Å². The molecule has 2 aromatic carbocycles. The van der Waals surface area contributed by atoms with Gasteiger partial charge in [0.25, 0.3) is 0 Å². The predicted octanol–water partition coefficient (Wildman–Crippen LogP) is 3.99. The molecule has 1 saturated heterocycles. The summed E-state index contributed by atoms with van der Waals surface area (Å²) in [7, 11) is 0. The first kappa shape index (κ1) is 16.7. The zero-order chi connectivity index (χ0) is 18.1. The molecule has 0 aliphatic carbocycles. The van der Waals surface area contributed by atoms with Crippen LogP contribution in [0.4, 0.5) is 11.5 Å². The van der Waals surface area contributed by atoms with Crippen LogP contribution in [0, 0.1) is 5.92 Å². The maximum atomic E-state index is 12.6. The molecule has 4 rings (SSSR count). The third-order valence-corrected chi connectivity index (χ3v) is 4.96. The standard InChI is InChI=1S/C20H16BrN3O2/c21-15-5-3-6-16(11-15)24-12-14(10-19(24)25)20(26)23-18-9-8-13-4-1-2-7-17(13)22-18/h1-9,11,14H,10,12H2,(H,22,23,26). The topological polar surface area (TPSA) is 62.3 Å². The number of hydrogen-bond donors (Lipinski definition) is 1. The number of aromatic nitrogens is 1. The number of nitrogens with one attached hydrogen (secondary N) is 1. The van der Waals surface area contributed by atoms with Gasteiger partial charge in [-0.15, -0.1) is 0 Å². The fraction of sp³-hybridized carbons (Fsp3) is 0.150. The van der Waals surface area contributed by atoms with Crippen LogP contribution >= 0.6 is 15.9 Å². The van der Waals surface area contributed by atoms with Gasteiger partial charge in [-0.25, -0.2) is 4.98 Å². The van der Waals surface area contributed by atoms with Gasteiger partial charge in [0.05, 0.1) is 11.4 Å². The smallest absolute Gasteiger partial charge is 0.230 e. The molecule has 1 aliphatic heterocycles. The molecule has 26 heavy (non-hydrogen) atoms. The average molecular weight is 410 g/mol. The fourth-order valence-corrected chi connectivity index (χ4v) is 3.53. The number of halogens is 1. The lowest BCUT2D eigenvalue weighted by Crippen LogP contribution is -2.28. The molecule has 0 spiro atoms. The van der Waals surface area contributed by atoms with Crippen LogP contribution in [-0.4, -0.2) is 23.3 Å². The molecule has 1 unspecified atom stereocenters. The maximum absolute atomic E-state index is 12.6. The van der Waals surface area contributed by atoms with Crippen molar-refractivity contribution in [2.75, 3.05) is 16.8 Å². The molecule has 2 amide bonds. The molecule has 0 bridgehead atoms. The zero-order valence-electron chi connectivity index (χ0n) is 13.9. The fourth-order valence-electron chi connectivity index (χ4n) is 3.14. The Labute approximate surface area is 159 Å². The number of fused-ring (bicyclic) bond motifs is 1. The lowest BCUT2D eigenvalue weighted by Gasteiger charge is -2.17. The van der Waals surface area contributed by atoms with E-state index >= 15 is 0 Å². The summed E-state index contributed by atoms with van der Waals surface area (Å²) in [4.78, 5) is 31.1. The molecule has 5 nitrogen and oxygen atoms in total. The molecule has 1 aliphatic rings. The summed E-state index contributed by atoms with van der Waals surface area (Å²) in [6.07, 6.45) is 0.200. The highest BCUT2D eigenvalue weighted by molar-refractivity contribution is 9.10. The number of rotatable bonds is 3. The highest BCUT2D eigenvalue weighted by Gasteiger charge is 2.35. The number of anilines is 2. The predicted molar refractivity (Wildman–Crippen MR) is 105 cm³/mol. The van der Waals surface area contributed by atoms with Crippen molar-refractivity contribution in [2.45, 2.75) is 6.42 Å². The monoisotopic (exact) mass is 409 g/mol. The van der Waals surface area contributed by atoms with E-state index in [1.54, 1.807) is 11.0 Å². The van der Waals surface area contributed by atoms with E-state index in [0.717, 1.165) is 21.1 Å². The van der Waals surface area contributed by atoms with Crippen LogP contribution in [0.15, 0.2) is 65.1 Å². The summed E-state index contributed by atoms with van der Waals surface area (Å²) in [5.74, 6) is -0.120. The van der Waals surface area contributed by atoms with E-state index in [1.165, 1.54) is 0 Å². The highest BCUT2D eigenvalue weighted by atomic mass is 79.9. The Hall–Kier alpha value is -2.73. The molecule has 0 saturated carbocycles. The Morgan fingerprint density at radius 3 is 2.81 bits per heavy atom. The first-order valence-corrected chi connectivity index (χ1v) is 9.12. The van der Waals surface area contributed by atoms with Gasteiger partial charge < -0.3 is 10.2 Å². The molecule has 6 heteroatoms. The van der Waals surface area contributed by atoms with E-state index in [2.05, 4.69) is 26.2 Å². The van der Waals surface area contributed by atoms with Gasteiger partial charge >= 0.3 is 0 Å². The van der Waals surface area contributed by atoms with E-state index in [4.69, 9.17) is 0 Å². The third-order valence-electron chi connectivity index (χ3n) is 4.47. The number of amides is 2. The Bertz CT molecular complexity index is 1010. The van der Waals surface area contributed by atoms with E-state index in [9.17, 15) is 9.59 Å². The Morgan fingerprint density at radius 2 is 1.96 bits per heavy atom. The number of hydrogen-bond acceptors (Lipinski definition) is 3. The Kier molecular flexibility index (Phi) is 4.42. The van der Waals surface area contributed by atoms with Crippen molar-refractivity contribution in [3.05, 3.63) is 65.1 Å². The van der Waals surface area contributed by atoms with Crippen molar-refractivity contribution in [3.63, 3.8) is 0 Å². The quantitative estimate of drug-likeness (QED) is 0.711. The van der Waals surface area contributed by atoms with Crippen LogP contribution in [0.1, 0.15) is 6.42 Å². The second kappa shape index (κ2) is 6.88. The number of pyridine rings is 1.